The van der Waals surface area contributed by atoms with Crippen molar-refractivity contribution in [1.29, 1.82) is 0 Å². The predicted octanol–water partition coefficient (Wildman–Crippen LogP) is 2.72. The normalized spacial score (nSPS) is 9.83. The summed E-state index contributed by atoms with van der Waals surface area (Å²) in [7, 11) is 0. The van der Waals surface area contributed by atoms with E-state index in [1.54, 1.807) is 16.8 Å². The third-order valence-corrected chi connectivity index (χ3v) is 1.94. The van der Waals surface area contributed by atoms with E-state index in [9.17, 15) is 0 Å². The summed E-state index contributed by atoms with van der Waals surface area (Å²) in [6.07, 6.45) is 5.29. The summed E-state index contributed by atoms with van der Waals surface area (Å²) in [5.41, 5.74) is 0.676. The molecule has 0 spiro atoms. The number of aromatic nitrogens is 3. The summed E-state index contributed by atoms with van der Waals surface area (Å²) >= 11 is 9.00. The molecule has 0 unspecified atom stereocenters. The lowest BCUT2D eigenvalue weighted by molar-refractivity contribution is 1.10. The van der Waals surface area contributed by atoms with Gasteiger partial charge in [0, 0.05) is 18.6 Å². The van der Waals surface area contributed by atoms with Crippen LogP contribution in [0.4, 0.5) is 0 Å². The Balaban J connectivity index is 0.000000720. The number of imidazole rings is 1. The Morgan fingerprint density at radius 2 is 2.25 bits per heavy atom. The number of halogens is 3. The molecule has 2 heterocycles. The highest BCUT2D eigenvalue weighted by Gasteiger charge is 2.01. The lowest BCUT2D eigenvalue weighted by Gasteiger charge is -1.95. The lowest BCUT2D eigenvalue weighted by atomic mass is 10.7. The van der Waals surface area contributed by atoms with E-state index in [0.717, 1.165) is 0 Å². The molecular formula is C6H4Br2ClN3. The van der Waals surface area contributed by atoms with E-state index in [-0.39, 0.29) is 17.0 Å². The van der Waals surface area contributed by atoms with Crippen molar-refractivity contribution in [3.8, 4) is 0 Å². The second kappa shape index (κ2) is 3.72. The third-order valence-electron chi connectivity index (χ3n) is 1.30. The molecule has 0 bridgehead atoms. The van der Waals surface area contributed by atoms with Crippen LogP contribution >= 0.6 is 44.5 Å². The maximum absolute atomic E-state index is 5.78. The first-order chi connectivity index (χ1) is 5.27. The Hall–Kier alpha value is -0.130. The Labute approximate surface area is 92.7 Å². The third kappa shape index (κ3) is 1.62. The fourth-order valence-corrected chi connectivity index (χ4v) is 1.60. The Bertz CT molecular complexity index is 401. The van der Waals surface area contributed by atoms with E-state index in [0.29, 0.717) is 15.4 Å². The summed E-state index contributed by atoms with van der Waals surface area (Å²) in [6, 6.07) is 0. The van der Waals surface area contributed by atoms with Gasteiger partial charge in [-0.05, 0) is 15.9 Å². The molecule has 2 aromatic rings. The largest absolute Gasteiger partial charge is 0.302 e. The Morgan fingerprint density at radius 3 is 3.00 bits per heavy atom. The van der Waals surface area contributed by atoms with Crippen molar-refractivity contribution in [1.82, 2.24) is 14.4 Å². The summed E-state index contributed by atoms with van der Waals surface area (Å²) in [6.45, 7) is 0. The average Bonchev–Trinajstić information content (AvgIpc) is 2.34. The van der Waals surface area contributed by atoms with Gasteiger partial charge in [-0.1, -0.05) is 11.6 Å². The number of fused-ring (bicyclic) bond motifs is 1. The molecule has 2 rings (SSSR count). The zero-order valence-corrected chi connectivity index (χ0v) is 9.79. The first-order valence-corrected chi connectivity index (χ1v) is 4.09. The van der Waals surface area contributed by atoms with Crippen LogP contribution in [0.1, 0.15) is 0 Å². The van der Waals surface area contributed by atoms with E-state index in [1.807, 2.05) is 6.20 Å². The van der Waals surface area contributed by atoms with E-state index < -0.39 is 0 Å². The lowest BCUT2D eigenvalue weighted by Crippen LogP contribution is -1.87. The van der Waals surface area contributed by atoms with Gasteiger partial charge in [-0.2, -0.15) is 0 Å². The molecule has 0 N–H and O–H groups in total. The van der Waals surface area contributed by atoms with Crippen molar-refractivity contribution in [2.24, 2.45) is 0 Å². The quantitative estimate of drug-likeness (QED) is 0.748. The Kier molecular flexibility index (Phi) is 3.09. The van der Waals surface area contributed by atoms with Crippen LogP contribution in [-0.4, -0.2) is 14.4 Å². The van der Waals surface area contributed by atoms with Gasteiger partial charge in [0.05, 0.1) is 0 Å². The SMILES string of the molecule is Br.Clc1nc(Br)cn2ccnc12. The van der Waals surface area contributed by atoms with Crippen LogP contribution in [-0.2, 0) is 0 Å². The number of rotatable bonds is 0. The minimum Gasteiger partial charge on any atom is -0.302 e. The Morgan fingerprint density at radius 1 is 1.50 bits per heavy atom. The minimum absolute atomic E-state index is 0. The molecule has 6 heteroatoms. The molecule has 2 aromatic heterocycles. The molecule has 0 atom stereocenters. The van der Waals surface area contributed by atoms with Gasteiger partial charge >= 0.3 is 0 Å². The van der Waals surface area contributed by atoms with Crippen molar-refractivity contribution in [2.45, 2.75) is 0 Å². The van der Waals surface area contributed by atoms with Gasteiger partial charge in [0.1, 0.15) is 4.60 Å². The highest BCUT2D eigenvalue weighted by Crippen LogP contribution is 2.15. The van der Waals surface area contributed by atoms with Crippen LogP contribution in [0.25, 0.3) is 5.65 Å². The summed E-state index contributed by atoms with van der Waals surface area (Å²) in [5, 5.41) is 0.407. The second-order valence-electron chi connectivity index (χ2n) is 2.01. The van der Waals surface area contributed by atoms with Crippen molar-refractivity contribution >= 4 is 50.2 Å². The van der Waals surface area contributed by atoms with Gasteiger partial charge in [0.2, 0.25) is 0 Å². The average molecular weight is 313 g/mol. The maximum Gasteiger partial charge on any atom is 0.174 e. The van der Waals surface area contributed by atoms with Gasteiger partial charge < -0.3 is 4.40 Å². The van der Waals surface area contributed by atoms with Crippen molar-refractivity contribution < 1.29 is 0 Å². The molecule has 3 nitrogen and oxygen atoms in total. The molecule has 0 aliphatic carbocycles. The summed E-state index contributed by atoms with van der Waals surface area (Å²) < 4.78 is 2.51. The summed E-state index contributed by atoms with van der Waals surface area (Å²) in [4.78, 5) is 7.98. The minimum atomic E-state index is 0. The van der Waals surface area contributed by atoms with Crippen molar-refractivity contribution in [3.63, 3.8) is 0 Å². The number of nitrogens with zero attached hydrogens (tertiary/aromatic N) is 3. The fraction of sp³-hybridized carbons (Fsp3) is 0. The zero-order valence-electron chi connectivity index (χ0n) is 5.74. The first kappa shape index (κ1) is 9.95. The zero-order chi connectivity index (χ0) is 7.84. The molecule has 0 saturated carbocycles. The highest BCUT2D eigenvalue weighted by atomic mass is 79.9. The molecule has 0 radical (unpaired) electrons. The monoisotopic (exact) mass is 311 g/mol. The smallest absolute Gasteiger partial charge is 0.174 e. The molecular weight excluding hydrogens is 309 g/mol. The van der Waals surface area contributed by atoms with Gasteiger partial charge in [-0.3, -0.25) is 0 Å². The van der Waals surface area contributed by atoms with Crippen molar-refractivity contribution in [3.05, 3.63) is 28.3 Å². The number of hydrogen-bond donors (Lipinski definition) is 0. The van der Waals surface area contributed by atoms with Crippen LogP contribution in [0.5, 0.6) is 0 Å². The first-order valence-electron chi connectivity index (χ1n) is 2.92. The molecule has 0 saturated heterocycles. The molecule has 0 aromatic carbocycles. The van der Waals surface area contributed by atoms with Crippen LogP contribution < -0.4 is 0 Å². The van der Waals surface area contributed by atoms with Crippen LogP contribution in [0.3, 0.4) is 0 Å². The van der Waals surface area contributed by atoms with E-state index in [1.165, 1.54) is 0 Å². The van der Waals surface area contributed by atoms with Crippen LogP contribution in [0, 0.1) is 0 Å². The van der Waals surface area contributed by atoms with E-state index in [4.69, 9.17) is 11.6 Å². The van der Waals surface area contributed by atoms with Crippen LogP contribution in [0.2, 0.25) is 5.15 Å². The van der Waals surface area contributed by atoms with E-state index >= 15 is 0 Å². The highest BCUT2D eigenvalue weighted by molar-refractivity contribution is 9.10. The van der Waals surface area contributed by atoms with E-state index in [2.05, 4.69) is 25.9 Å². The molecule has 0 aliphatic rings. The summed E-state index contributed by atoms with van der Waals surface area (Å²) in [5.74, 6) is 0. The van der Waals surface area contributed by atoms with Gasteiger partial charge in [-0.15, -0.1) is 17.0 Å². The topological polar surface area (TPSA) is 30.2 Å². The van der Waals surface area contributed by atoms with Crippen LogP contribution in [0.15, 0.2) is 23.2 Å². The molecule has 0 amide bonds. The molecule has 64 valence electrons. The molecule has 12 heavy (non-hydrogen) atoms. The van der Waals surface area contributed by atoms with Gasteiger partial charge in [0.15, 0.2) is 10.8 Å². The fourth-order valence-electron chi connectivity index (χ4n) is 0.864. The standard InChI is InChI=1S/C6H3BrClN3.BrH/c7-4-3-11-2-1-9-6(11)5(8)10-4;/h1-3H;1H. The predicted molar refractivity (Wildman–Crippen MR) is 56.0 cm³/mol. The second-order valence-corrected chi connectivity index (χ2v) is 3.18. The number of hydrogen-bond acceptors (Lipinski definition) is 2. The maximum atomic E-state index is 5.78. The van der Waals surface area contributed by atoms with Gasteiger partial charge in [-0.25, -0.2) is 9.97 Å². The molecule has 0 aliphatic heterocycles. The van der Waals surface area contributed by atoms with Gasteiger partial charge in [0.25, 0.3) is 0 Å². The van der Waals surface area contributed by atoms with Crippen molar-refractivity contribution in [2.75, 3.05) is 0 Å². The molecule has 0 fully saturated rings.